The van der Waals surface area contributed by atoms with Crippen LogP contribution in [0.3, 0.4) is 0 Å². The molecule has 3 nitrogen and oxygen atoms in total. The van der Waals surface area contributed by atoms with Crippen LogP contribution in [0, 0.1) is 0 Å². The van der Waals surface area contributed by atoms with Crippen LogP contribution in [0.15, 0.2) is 181 Å². The molecule has 1 aromatic heterocycles. The minimum Gasteiger partial charge on any atom is -0.280 e. The third kappa shape index (κ3) is 6.62. The van der Waals surface area contributed by atoms with Crippen LogP contribution in [-0.4, -0.2) is 10.4 Å². The minimum atomic E-state index is 0.629. The van der Waals surface area contributed by atoms with Crippen LogP contribution in [0.1, 0.15) is 39.9 Å². The molecule has 0 saturated carbocycles. The van der Waals surface area contributed by atoms with Gasteiger partial charge < -0.3 is 0 Å². The summed E-state index contributed by atoms with van der Waals surface area (Å²) in [6.45, 7) is 4.82. The fourth-order valence-corrected chi connectivity index (χ4v) is 7.02. The van der Waals surface area contributed by atoms with Gasteiger partial charge in [-0.25, -0.2) is 5.01 Å². The molecule has 0 unspecified atom stereocenters. The van der Waals surface area contributed by atoms with E-state index in [1.54, 1.807) is 0 Å². The molecule has 246 valence electrons. The highest BCUT2D eigenvalue weighted by molar-refractivity contribution is 6.10. The molecule has 1 aliphatic rings. The molecule has 8 rings (SSSR count). The monoisotopic (exact) mass is 657 g/mol. The molecule has 7 aromatic rings. The zero-order valence-electron chi connectivity index (χ0n) is 28.6. The Labute approximate surface area is 300 Å². The molecule has 1 aliphatic carbocycles. The molecule has 0 amide bonds. The molecule has 6 aromatic carbocycles. The Hall–Kier alpha value is -6.45. The number of hydrogen-bond acceptors (Lipinski definition) is 2. The van der Waals surface area contributed by atoms with Crippen molar-refractivity contribution in [2.24, 2.45) is 4.99 Å². The summed E-state index contributed by atoms with van der Waals surface area (Å²) >= 11 is 0. The van der Waals surface area contributed by atoms with Crippen molar-refractivity contribution in [3.05, 3.63) is 210 Å². The quantitative estimate of drug-likeness (QED) is 0.134. The molecular formula is C48H39N3. The SMILES string of the molecule is C=Cc1ccccc1N(c1cccc(-c2cccc(/C=C/C(=NCc3ccccc3)c3ccccc3)c2)c1)n1c2c(c3ccccc31)C=CCC2. The lowest BCUT2D eigenvalue weighted by molar-refractivity contribution is 0.767. The second kappa shape index (κ2) is 14.6. The molecule has 0 radical (unpaired) electrons. The largest absolute Gasteiger partial charge is 0.280 e. The summed E-state index contributed by atoms with van der Waals surface area (Å²) in [5, 5.41) is 3.64. The van der Waals surface area contributed by atoms with Gasteiger partial charge in [0.1, 0.15) is 0 Å². The van der Waals surface area contributed by atoms with Crippen LogP contribution in [0.25, 0.3) is 40.3 Å². The molecule has 0 atom stereocenters. The number of fused-ring (bicyclic) bond motifs is 3. The summed E-state index contributed by atoms with van der Waals surface area (Å²) in [4.78, 5) is 5.02. The van der Waals surface area contributed by atoms with Gasteiger partial charge in [-0.1, -0.05) is 158 Å². The van der Waals surface area contributed by atoms with E-state index in [1.165, 1.54) is 27.7 Å². The number of hydrogen-bond donors (Lipinski definition) is 0. The number of aliphatic imine (C=N–C) groups is 1. The fraction of sp³-hybridized carbons (Fsp3) is 0.0625. The number of nitrogens with zero attached hydrogens (tertiary/aromatic N) is 3. The first-order valence-electron chi connectivity index (χ1n) is 17.6. The van der Waals surface area contributed by atoms with E-state index in [2.05, 4.69) is 186 Å². The van der Waals surface area contributed by atoms with Gasteiger partial charge in [0.2, 0.25) is 0 Å². The molecule has 51 heavy (non-hydrogen) atoms. The average molecular weight is 658 g/mol. The second-order valence-electron chi connectivity index (χ2n) is 12.8. The summed E-state index contributed by atoms with van der Waals surface area (Å²) in [7, 11) is 0. The summed E-state index contributed by atoms with van der Waals surface area (Å²) in [5.41, 5.74) is 13.7. The van der Waals surface area contributed by atoms with Gasteiger partial charge in [0.05, 0.1) is 29.1 Å². The third-order valence-corrected chi connectivity index (χ3v) is 9.49. The third-order valence-electron chi connectivity index (χ3n) is 9.49. The number of aromatic nitrogens is 1. The van der Waals surface area contributed by atoms with Crippen molar-refractivity contribution in [2.45, 2.75) is 19.4 Å². The highest BCUT2D eigenvalue weighted by Gasteiger charge is 2.24. The summed E-state index contributed by atoms with van der Waals surface area (Å²) in [6, 6.07) is 55.7. The topological polar surface area (TPSA) is 20.5 Å². The van der Waals surface area contributed by atoms with E-state index in [-0.39, 0.29) is 0 Å². The van der Waals surface area contributed by atoms with Gasteiger partial charge in [-0.05, 0) is 82.6 Å². The van der Waals surface area contributed by atoms with Crippen LogP contribution in [0.5, 0.6) is 0 Å². The van der Waals surface area contributed by atoms with E-state index in [9.17, 15) is 0 Å². The number of benzene rings is 6. The summed E-state index contributed by atoms with van der Waals surface area (Å²) in [5.74, 6) is 0. The maximum Gasteiger partial charge on any atom is 0.0712 e. The number of para-hydroxylation sites is 2. The van der Waals surface area contributed by atoms with Gasteiger partial charge in [0.15, 0.2) is 0 Å². The van der Waals surface area contributed by atoms with Crippen LogP contribution in [-0.2, 0) is 13.0 Å². The zero-order valence-corrected chi connectivity index (χ0v) is 28.6. The van der Waals surface area contributed by atoms with E-state index in [0.29, 0.717) is 6.54 Å². The van der Waals surface area contributed by atoms with E-state index < -0.39 is 0 Å². The highest BCUT2D eigenvalue weighted by Crippen LogP contribution is 2.39. The maximum atomic E-state index is 5.02. The van der Waals surface area contributed by atoms with Gasteiger partial charge >= 0.3 is 0 Å². The number of anilines is 2. The van der Waals surface area contributed by atoms with Crippen molar-refractivity contribution < 1.29 is 0 Å². The Morgan fingerprint density at radius 2 is 1.45 bits per heavy atom. The zero-order chi connectivity index (χ0) is 34.4. The van der Waals surface area contributed by atoms with E-state index in [1.807, 2.05) is 18.2 Å². The Morgan fingerprint density at radius 1 is 0.725 bits per heavy atom. The van der Waals surface area contributed by atoms with Crippen LogP contribution in [0.2, 0.25) is 0 Å². The lowest BCUT2D eigenvalue weighted by atomic mass is 10.0. The van der Waals surface area contributed by atoms with Crippen molar-refractivity contribution in [3.63, 3.8) is 0 Å². The predicted octanol–water partition coefficient (Wildman–Crippen LogP) is 12.2. The fourth-order valence-electron chi connectivity index (χ4n) is 7.02. The Bertz CT molecular complexity index is 2410. The highest BCUT2D eigenvalue weighted by atomic mass is 15.6. The van der Waals surface area contributed by atoms with E-state index in [4.69, 9.17) is 4.99 Å². The Balaban J connectivity index is 1.19. The predicted molar refractivity (Wildman–Crippen MR) is 217 cm³/mol. The second-order valence-corrected chi connectivity index (χ2v) is 12.8. The molecule has 3 heteroatoms. The molecule has 0 N–H and O–H groups in total. The van der Waals surface area contributed by atoms with Gasteiger partial charge in [-0.2, -0.15) is 0 Å². The van der Waals surface area contributed by atoms with Crippen molar-refractivity contribution in [1.29, 1.82) is 0 Å². The van der Waals surface area contributed by atoms with Crippen molar-refractivity contribution in [1.82, 2.24) is 4.68 Å². The van der Waals surface area contributed by atoms with Crippen LogP contribution in [0.4, 0.5) is 11.4 Å². The first kappa shape index (κ1) is 31.8. The summed E-state index contributed by atoms with van der Waals surface area (Å²) < 4.78 is 2.43. The first-order valence-corrected chi connectivity index (χ1v) is 17.6. The molecule has 0 spiro atoms. The lowest BCUT2D eigenvalue weighted by Crippen LogP contribution is -2.27. The van der Waals surface area contributed by atoms with Gasteiger partial charge in [-0.15, -0.1) is 0 Å². The average Bonchev–Trinajstić information content (AvgIpc) is 3.53. The molecule has 0 fully saturated rings. The molecule has 1 heterocycles. The number of allylic oxidation sites excluding steroid dienone is 2. The van der Waals surface area contributed by atoms with Crippen molar-refractivity contribution >= 4 is 46.2 Å². The molecule has 0 aliphatic heterocycles. The Kier molecular flexibility index (Phi) is 9.09. The molecule has 0 saturated heterocycles. The van der Waals surface area contributed by atoms with E-state index >= 15 is 0 Å². The minimum absolute atomic E-state index is 0.629. The van der Waals surface area contributed by atoms with Crippen molar-refractivity contribution in [3.8, 4) is 11.1 Å². The maximum absolute atomic E-state index is 5.02. The lowest BCUT2D eigenvalue weighted by Gasteiger charge is -2.31. The van der Waals surface area contributed by atoms with Gasteiger partial charge in [-0.3, -0.25) is 9.67 Å². The van der Waals surface area contributed by atoms with Gasteiger partial charge in [0.25, 0.3) is 0 Å². The Morgan fingerprint density at radius 3 is 2.29 bits per heavy atom. The van der Waals surface area contributed by atoms with Gasteiger partial charge in [0, 0.05) is 16.6 Å². The normalized spacial score (nSPS) is 12.7. The standard InChI is InChI=1S/C48H39N3/c1-2-38-20-9-12-28-46(38)50(51-47-29-13-10-26-43(47)44-27-11-14-30-48(44)51)42-25-16-24-41(34-42)40-23-15-19-36(33-40)31-32-45(39-21-7-4-8-22-39)49-35-37-17-5-3-6-18-37/h2-13,15-29,31-34H,1,14,30,35H2/b32-31+,49-45?. The van der Waals surface area contributed by atoms with Crippen LogP contribution < -0.4 is 5.01 Å². The first-order chi connectivity index (χ1) is 25.3. The van der Waals surface area contributed by atoms with E-state index in [0.717, 1.165) is 57.7 Å². The molecule has 0 bridgehead atoms. The molecular weight excluding hydrogens is 619 g/mol. The smallest absolute Gasteiger partial charge is 0.0712 e. The van der Waals surface area contributed by atoms with Crippen LogP contribution >= 0.6 is 0 Å². The van der Waals surface area contributed by atoms with Crippen molar-refractivity contribution in [2.75, 3.05) is 5.01 Å². The number of rotatable bonds is 10. The summed E-state index contributed by atoms with van der Waals surface area (Å²) in [6.07, 6.45) is 12.8.